The van der Waals surface area contributed by atoms with E-state index >= 15 is 0 Å². The van der Waals surface area contributed by atoms with Gasteiger partial charge in [0.2, 0.25) is 10.0 Å². The van der Waals surface area contributed by atoms with Crippen LogP contribution in [0.5, 0.6) is 0 Å². The number of hydrogen-bond donors (Lipinski definition) is 1. The summed E-state index contributed by atoms with van der Waals surface area (Å²) in [6.07, 6.45) is 2.65. The highest BCUT2D eigenvalue weighted by atomic mass is 32.2. The average molecular weight is 356 g/mol. The molecule has 0 bridgehead atoms. The molecule has 0 aliphatic carbocycles. The van der Waals surface area contributed by atoms with Crippen LogP contribution < -0.4 is 5.32 Å². The first-order valence-electron chi connectivity index (χ1n) is 8.66. The Hall–Kier alpha value is -1.41. The minimum absolute atomic E-state index is 0.0577. The molecule has 1 aliphatic rings. The molecular formula is C16H28N4O3S. The van der Waals surface area contributed by atoms with Crippen molar-refractivity contribution in [2.45, 2.75) is 46.6 Å². The molecule has 2 rings (SSSR count). The second kappa shape index (κ2) is 8.11. The number of amides is 1. The van der Waals surface area contributed by atoms with E-state index in [1.165, 1.54) is 4.31 Å². The lowest BCUT2D eigenvalue weighted by molar-refractivity contribution is 0.0945. The molecule has 0 aromatic carbocycles. The lowest BCUT2D eigenvalue weighted by Crippen LogP contribution is -2.36. The van der Waals surface area contributed by atoms with Crippen LogP contribution in [0, 0.1) is 5.92 Å². The molecule has 1 fully saturated rings. The van der Waals surface area contributed by atoms with E-state index in [4.69, 9.17) is 0 Å². The van der Waals surface area contributed by atoms with E-state index in [2.05, 4.69) is 24.3 Å². The van der Waals surface area contributed by atoms with Gasteiger partial charge in [-0.05, 0) is 38.2 Å². The largest absolute Gasteiger partial charge is 0.350 e. The molecule has 1 aromatic rings. The van der Waals surface area contributed by atoms with Crippen molar-refractivity contribution in [2.24, 2.45) is 5.92 Å². The van der Waals surface area contributed by atoms with Crippen molar-refractivity contribution in [3.8, 4) is 0 Å². The molecule has 2 heterocycles. The molecule has 24 heavy (non-hydrogen) atoms. The van der Waals surface area contributed by atoms with Crippen molar-refractivity contribution in [1.29, 1.82) is 0 Å². The van der Waals surface area contributed by atoms with Crippen molar-refractivity contribution in [1.82, 2.24) is 19.4 Å². The third-order valence-corrected chi connectivity index (χ3v) is 5.96. The zero-order valence-corrected chi connectivity index (χ0v) is 15.6. The van der Waals surface area contributed by atoms with Crippen LogP contribution in [-0.2, 0) is 23.0 Å². The van der Waals surface area contributed by atoms with Gasteiger partial charge in [0.05, 0.1) is 11.4 Å². The Kier molecular flexibility index (Phi) is 6.40. The summed E-state index contributed by atoms with van der Waals surface area (Å²) in [5, 5.41) is 7.15. The molecule has 0 radical (unpaired) electrons. The van der Waals surface area contributed by atoms with Gasteiger partial charge in [-0.3, -0.25) is 9.48 Å². The number of sulfonamides is 1. The standard InChI is InChI=1S/C16H28N4O3S/c1-4-20-15(12-14(18-20)11-13(2)3)16(21)17-7-10-24(22,23)19-8-5-6-9-19/h12-13H,4-11H2,1-3H3,(H,17,21). The number of hydrogen-bond acceptors (Lipinski definition) is 4. The summed E-state index contributed by atoms with van der Waals surface area (Å²) in [7, 11) is -3.27. The van der Waals surface area contributed by atoms with Crippen LogP contribution >= 0.6 is 0 Å². The Balaban J connectivity index is 1.93. The average Bonchev–Trinajstić information content (AvgIpc) is 3.15. The van der Waals surface area contributed by atoms with Crippen LogP contribution in [0.2, 0.25) is 0 Å². The van der Waals surface area contributed by atoms with Crippen LogP contribution in [0.4, 0.5) is 0 Å². The highest BCUT2D eigenvalue weighted by Gasteiger charge is 2.25. The van der Waals surface area contributed by atoms with Crippen LogP contribution in [0.3, 0.4) is 0 Å². The SMILES string of the molecule is CCn1nc(CC(C)C)cc1C(=O)NCCS(=O)(=O)N1CCCC1. The molecule has 0 spiro atoms. The summed E-state index contributed by atoms with van der Waals surface area (Å²) in [4.78, 5) is 12.4. The minimum Gasteiger partial charge on any atom is -0.350 e. The van der Waals surface area contributed by atoms with Gasteiger partial charge in [-0.2, -0.15) is 5.10 Å². The molecular weight excluding hydrogens is 328 g/mol. The normalized spacial score (nSPS) is 16.0. The van der Waals surface area contributed by atoms with Crippen LogP contribution in [0.1, 0.15) is 49.8 Å². The summed E-state index contributed by atoms with van der Waals surface area (Å²) in [6.45, 7) is 8.05. The number of aryl methyl sites for hydroxylation is 1. The molecule has 1 amide bonds. The first kappa shape index (κ1) is 18.9. The van der Waals surface area contributed by atoms with Gasteiger partial charge in [0.1, 0.15) is 5.69 Å². The van der Waals surface area contributed by atoms with Gasteiger partial charge < -0.3 is 5.32 Å². The Bertz CT molecular complexity index is 661. The Morgan fingerprint density at radius 3 is 2.58 bits per heavy atom. The molecule has 7 nitrogen and oxygen atoms in total. The third kappa shape index (κ3) is 4.80. The van der Waals surface area contributed by atoms with Crippen molar-refractivity contribution in [3.63, 3.8) is 0 Å². The van der Waals surface area contributed by atoms with E-state index < -0.39 is 10.0 Å². The van der Waals surface area contributed by atoms with Gasteiger partial charge in [0.15, 0.2) is 0 Å². The molecule has 1 aliphatic heterocycles. The molecule has 0 saturated carbocycles. The van der Waals surface area contributed by atoms with E-state index in [1.54, 1.807) is 10.7 Å². The minimum atomic E-state index is -3.27. The van der Waals surface area contributed by atoms with E-state index in [9.17, 15) is 13.2 Å². The fraction of sp³-hybridized carbons (Fsp3) is 0.750. The molecule has 1 N–H and O–H groups in total. The summed E-state index contributed by atoms with van der Waals surface area (Å²) in [5.74, 6) is 0.139. The third-order valence-electron chi connectivity index (χ3n) is 4.08. The van der Waals surface area contributed by atoms with Crippen LogP contribution in [-0.4, -0.2) is 53.8 Å². The molecule has 0 unspecified atom stereocenters. The second-order valence-electron chi connectivity index (χ2n) is 6.61. The lowest BCUT2D eigenvalue weighted by Gasteiger charge is -2.15. The van der Waals surface area contributed by atoms with Crippen LogP contribution in [0.15, 0.2) is 6.07 Å². The maximum absolute atomic E-state index is 12.4. The lowest BCUT2D eigenvalue weighted by atomic mass is 10.1. The van der Waals surface area contributed by atoms with E-state index in [0.717, 1.165) is 25.0 Å². The smallest absolute Gasteiger partial charge is 0.269 e. The van der Waals surface area contributed by atoms with Crippen molar-refractivity contribution >= 4 is 15.9 Å². The van der Waals surface area contributed by atoms with Gasteiger partial charge >= 0.3 is 0 Å². The molecule has 136 valence electrons. The maximum Gasteiger partial charge on any atom is 0.269 e. The van der Waals surface area contributed by atoms with Gasteiger partial charge in [-0.1, -0.05) is 13.8 Å². The van der Waals surface area contributed by atoms with E-state index in [-0.39, 0.29) is 18.2 Å². The summed E-state index contributed by atoms with van der Waals surface area (Å²) in [6, 6.07) is 1.80. The highest BCUT2D eigenvalue weighted by Crippen LogP contribution is 2.13. The molecule has 1 saturated heterocycles. The summed E-state index contributed by atoms with van der Waals surface area (Å²) < 4.78 is 27.5. The quantitative estimate of drug-likeness (QED) is 0.760. The number of nitrogens with one attached hydrogen (secondary N) is 1. The number of nitrogens with zero attached hydrogens (tertiary/aromatic N) is 3. The van der Waals surface area contributed by atoms with Crippen LogP contribution in [0.25, 0.3) is 0 Å². The Labute approximate surface area is 144 Å². The topological polar surface area (TPSA) is 84.3 Å². The van der Waals surface area contributed by atoms with Crippen molar-refractivity contribution in [3.05, 3.63) is 17.5 Å². The number of carbonyl (C=O) groups excluding carboxylic acids is 1. The van der Waals surface area contributed by atoms with E-state index in [1.807, 2.05) is 6.92 Å². The van der Waals surface area contributed by atoms with Gasteiger partial charge in [-0.25, -0.2) is 12.7 Å². The molecule has 8 heteroatoms. The van der Waals surface area contributed by atoms with Gasteiger partial charge in [-0.15, -0.1) is 0 Å². The predicted molar refractivity (Wildman–Crippen MR) is 93.4 cm³/mol. The van der Waals surface area contributed by atoms with Gasteiger partial charge in [0.25, 0.3) is 5.91 Å². The Morgan fingerprint density at radius 2 is 2.00 bits per heavy atom. The van der Waals surface area contributed by atoms with Gasteiger partial charge in [0, 0.05) is 26.2 Å². The van der Waals surface area contributed by atoms with Crippen molar-refractivity contribution in [2.75, 3.05) is 25.4 Å². The highest BCUT2D eigenvalue weighted by molar-refractivity contribution is 7.89. The van der Waals surface area contributed by atoms with E-state index in [0.29, 0.717) is 31.2 Å². The zero-order valence-electron chi connectivity index (χ0n) is 14.8. The number of rotatable bonds is 8. The van der Waals surface area contributed by atoms with Crippen molar-refractivity contribution < 1.29 is 13.2 Å². The predicted octanol–water partition coefficient (Wildman–Crippen LogP) is 1.26. The summed E-state index contributed by atoms with van der Waals surface area (Å²) in [5.41, 5.74) is 1.38. The number of aromatic nitrogens is 2. The maximum atomic E-state index is 12.4. The molecule has 1 aromatic heterocycles. The first-order valence-corrected chi connectivity index (χ1v) is 10.3. The fourth-order valence-corrected chi connectivity index (χ4v) is 4.32. The zero-order chi connectivity index (χ0) is 17.7. The fourth-order valence-electron chi connectivity index (χ4n) is 2.89. The monoisotopic (exact) mass is 356 g/mol. The molecule has 0 atom stereocenters. The Morgan fingerprint density at radius 1 is 1.33 bits per heavy atom. The summed E-state index contributed by atoms with van der Waals surface area (Å²) >= 11 is 0. The second-order valence-corrected chi connectivity index (χ2v) is 8.70. The number of carbonyl (C=O) groups is 1. The first-order chi connectivity index (χ1) is 11.3.